The molecule has 1 rings (SSSR count). The first-order valence-electron chi connectivity index (χ1n) is 5.97. The minimum absolute atomic E-state index is 0.0569. The van der Waals surface area contributed by atoms with Crippen LogP contribution in [0, 0.1) is 0 Å². The van der Waals surface area contributed by atoms with Crippen LogP contribution in [-0.2, 0) is 19.4 Å². The molecular formula is C11H20O5S. The average Bonchev–Trinajstić information content (AvgIpc) is 2.69. The second kappa shape index (κ2) is 6.35. The molecule has 0 saturated carbocycles. The Bertz CT molecular complexity index is 343. The fourth-order valence-corrected chi connectivity index (χ4v) is 3.33. The van der Waals surface area contributed by atoms with Gasteiger partial charge in [-0.15, -0.1) is 0 Å². The number of carboxylic acids is 1. The third kappa shape index (κ3) is 5.04. The Kier molecular flexibility index (Phi) is 5.39. The summed E-state index contributed by atoms with van der Waals surface area (Å²) in [7, 11) is -3.28. The smallest absolute Gasteiger partial charge is 0.304 e. The Morgan fingerprint density at radius 1 is 1.53 bits per heavy atom. The molecule has 0 aromatic carbocycles. The highest BCUT2D eigenvalue weighted by Gasteiger charge is 2.24. The van der Waals surface area contributed by atoms with E-state index in [9.17, 15) is 13.2 Å². The molecular weight excluding hydrogens is 244 g/mol. The van der Waals surface area contributed by atoms with E-state index in [0.717, 1.165) is 25.9 Å². The maximum absolute atomic E-state index is 11.7. The second-order valence-corrected chi connectivity index (χ2v) is 7.09. The lowest BCUT2D eigenvalue weighted by Gasteiger charge is -2.12. The van der Waals surface area contributed by atoms with Crippen molar-refractivity contribution < 1.29 is 23.1 Å². The van der Waals surface area contributed by atoms with Crippen LogP contribution >= 0.6 is 0 Å². The maximum atomic E-state index is 11.7. The van der Waals surface area contributed by atoms with Crippen molar-refractivity contribution in [2.75, 3.05) is 12.4 Å². The molecule has 0 bridgehead atoms. The van der Waals surface area contributed by atoms with E-state index in [2.05, 4.69) is 0 Å². The molecule has 5 nitrogen and oxygen atoms in total. The predicted octanol–water partition coefficient (Wildman–Crippen LogP) is 1.22. The Balaban J connectivity index is 2.30. The molecule has 1 saturated heterocycles. The highest BCUT2D eigenvalue weighted by molar-refractivity contribution is 7.92. The quantitative estimate of drug-likeness (QED) is 0.748. The zero-order valence-corrected chi connectivity index (χ0v) is 10.9. The van der Waals surface area contributed by atoms with Crippen molar-refractivity contribution in [3.05, 3.63) is 0 Å². The molecule has 6 heteroatoms. The molecule has 0 radical (unpaired) electrons. The lowest BCUT2D eigenvalue weighted by Crippen LogP contribution is -2.24. The lowest BCUT2D eigenvalue weighted by molar-refractivity contribution is -0.136. The number of rotatable bonds is 7. The van der Waals surface area contributed by atoms with Gasteiger partial charge in [-0.2, -0.15) is 0 Å². The standard InChI is InChI=1S/C11H20O5S/c1-9(8-11(12)13)17(14,15)7-3-5-10-4-2-6-16-10/h9-10H,2-8H2,1H3,(H,12,13). The molecule has 1 N–H and O–H groups in total. The van der Waals surface area contributed by atoms with Gasteiger partial charge in [-0.25, -0.2) is 8.42 Å². The van der Waals surface area contributed by atoms with E-state index in [0.29, 0.717) is 6.42 Å². The van der Waals surface area contributed by atoms with Crippen molar-refractivity contribution in [3.63, 3.8) is 0 Å². The third-order valence-electron chi connectivity index (χ3n) is 3.05. The maximum Gasteiger partial charge on any atom is 0.304 e. The van der Waals surface area contributed by atoms with E-state index in [1.807, 2.05) is 0 Å². The van der Waals surface area contributed by atoms with E-state index in [-0.39, 0.29) is 18.3 Å². The molecule has 0 aliphatic carbocycles. The van der Waals surface area contributed by atoms with Crippen molar-refractivity contribution in [3.8, 4) is 0 Å². The summed E-state index contributed by atoms with van der Waals surface area (Å²) in [5, 5.41) is 7.76. The molecule has 0 amide bonds. The highest BCUT2D eigenvalue weighted by atomic mass is 32.2. The van der Waals surface area contributed by atoms with Gasteiger partial charge in [0.1, 0.15) is 0 Å². The van der Waals surface area contributed by atoms with Crippen molar-refractivity contribution in [2.45, 2.75) is 50.4 Å². The lowest BCUT2D eigenvalue weighted by atomic mass is 10.1. The SMILES string of the molecule is CC(CC(=O)O)S(=O)(=O)CCCC1CCCO1. The summed E-state index contributed by atoms with van der Waals surface area (Å²) in [4.78, 5) is 10.5. The minimum Gasteiger partial charge on any atom is -0.481 e. The minimum atomic E-state index is -3.28. The third-order valence-corrected chi connectivity index (χ3v) is 5.30. The number of carbonyl (C=O) groups is 1. The number of hydrogen-bond donors (Lipinski definition) is 1. The predicted molar refractivity (Wildman–Crippen MR) is 63.7 cm³/mol. The van der Waals surface area contributed by atoms with Crippen molar-refractivity contribution in [2.24, 2.45) is 0 Å². The van der Waals surface area contributed by atoms with E-state index in [1.165, 1.54) is 6.92 Å². The Hall–Kier alpha value is -0.620. The molecule has 0 aromatic heterocycles. The van der Waals surface area contributed by atoms with Crippen LogP contribution in [0.1, 0.15) is 39.0 Å². The molecule has 100 valence electrons. The van der Waals surface area contributed by atoms with E-state index < -0.39 is 21.1 Å². The zero-order valence-electron chi connectivity index (χ0n) is 10.1. The number of aliphatic carboxylic acids is 1. The van der Waals surface area contributed by atoms with Crippen LogP contribution in [0.15, 0.2) is 0 Å². The van der Waals surface area contributed by atoms with Gasteiger partial charge in [-0.3, -0.25) is 4.79 Å². The fraction of sp³-hybridized carbons (Fsp3) is 0.909. The Morgan fingerprint density at radius 2 is 2.24 bits per heavy atom. The van der Waals surface area contributed by atoms with Crippen molar-refractivity contribution >= 4 is 15.8 Å². The first-order valence-corrected chi connectivity index (χ1v) is 7.68. The monoisotopic (exact) mass is 264 g/mol. The summed E-state index contributed by atoms with van der Waals surface area (Å²) in [5.41, 5.74) is 0. The van der Waals surface area contributed by atoms with Crippen LogP contribution in [0.3, 0.4) is 0 Å². The molecule has 1 aliphatic heterocycles. The molecule has 1 heterocycles. The van der Waals surface area contributed by atoms with Gasteiger partial charge in [0, 0.05) is 6.61 Å². The first-order chi connectivity index (χ1) is 7.92. The van der Waals surface area contributed by atoms with Gasteiger partial charge in [0.15, 0.2) is 9.84 Å². The van der Waals surface area contributed by atoms with Crippen LogP contribution < -0.4 is 0 Å². The summed E-state index contributed by atoms with van der Waals surface area (Å²) in [5.74, 6) is -1.01. The zero-order chi connectivity index (χ0) is 12.9. The van der Waals surface area contributed by atoms with E-state index >= 15 is 0 Å². The van der Waals surface area contributed by atoms with Crippen molar-refractivity contribution in [1.82, 2.24) is 0 Å². The van der Waals surface area contributed by atoms with Crippen LogP contribution in [0.5, 0.6) is 0 Å². The summed E-state index contributed by atoms with van der Waals surface area (Å²) in [6.45, 7) is 2.22. The van der Waals surface area contributed by atoms with Gasteiger partial charge >= 0.3 is 5.97 Å². The Labute approximate surface area is 102 Å². The largest absolute Gasteiger partial charge is 0.481 e. The Morgan fingerprint density at radius 3 is 2.76 bits per heavy atom. The molecule has 2 atom stereocenters. The summed E-state index contributed by atoms with van der Waals surface area (Å²) < 4.78 is 28.9. The normalized spacial score (nSPS) is 22.5. The fourth-order valence-electron chi connectivity index (χ4n) is 1.96. The number of carboxylic acid groups (broad SMARTS) is 1. The number of ether oxygens (including phenoxy) is 1. The first kappa shape index (κ1) is 14.4. The van der Waals surface area contributed by atoms with Crippen molar-refractivity contribution in [1.29, 1.82) is 0 Å². The molecule has 2 unspecified atom stereocenters. The van der Waals surface area contributed by atoms with Crippen LogP contribution in [0.4, 0.5) is 0 Å². The van der Waals surface area contributed by atoms with E-state index in [4.69, 9.17) is 9.84 Å². The molecule has 1 fully saturated rings. The number of hydrogen-bond acceptors (Lipinski definition) is 4. The van der Waals surface area contributed by atoms with Gasteiger partial charge in [0.25, 0.3) is 0 Å². The van der Waals surface area contributed by atoms with Gasteiger partial charge < -0.3 is 9.84 Å². The van der Waals surface area contributed by atoms with Gasteiger partial charge in [0.05, 0.1) is 23.5 Å². The summed E-state index contributed by atoms with van der Waals surface area (Å²) in [6, 6.07) is 0. The van der Waals surface area contributed by atoms with Crippen LogP contribution in [-0.4, -0.2) is 43.2 Å². The molecule has 1 aliphatic rings. The van der Waals surface area contributed by atoms with Gasteiger partial charge in [0.2, 0.25) is 0 Å². The average molecular weight is 264 g/mol. The summed E-state index contributed by atoms with van der Waals surface area (Å²) >= 11 is 0. The van der Waals surface area contributed by atoms with Crippen LogP contribution in [0.25, 0.3) is 0 Å². The second-order valence-electron chi connectivity index (χ2n) is 4.55. The summed E-state index contributed by atoms with van der Waals surface area (Å²) in [6.07, 6.45) is 3.23. The van der Waals surface area contributed by atoms with E-state index in [1.54, 1.807) is 0 Å². The highest BCUT2D eigenvalue weighted by Crippen LogP contribution is 2.18. The molecule has 0 spiro atoms. The topological polar surface area (TPSA) is 80.7 Å². The number of sulfone groups is 1. The van der Waals surface area contributed by atoms with Gasteiger partial charge in [-0.05, 0) is 32.6 Å². The van der Waals surface area contributed by atoms with Gasteiger partial charge in [-0.1, -0.05) is 0 Å². The molecule has 0 aromatic rings. The van der Waals surface area contributed by atoms with Crippen LogP contribution in [0.2, 0.25) is 0 Å². The molecule has 17 heavy (non-hydrogen) atoms.